The molecule has 2 aromatic rings. The van der Waals surface area contributed by atoms with Gasteiger partial charge in [-0.2, -0.15) is 13.2 Å². The van der Waals surface area contributed by atoms with Crippen molar-refractivity contribution < 1.29 is 18.0 Å². The van der Waals surface area contributed by atoms with E-state index in [0.29, 0.717) is 17.6 Å². The largest absolute Gasteiger partial charge is 0.418 e. The van der Waals surface area contributed by atoms with Gasteiger partial charge in [-0.05, 0) is 31.9 Å². The number of benzene rings is 1. The van der Waals surface area contributed by atoms with Crippen LogP contribution in [0.2, 0.25) is 0 Å². The number of nitrogens with zero attached hydrogens (tertiary/aromatic N) is 3. The lowest BCUT2D eigenvalue weighted by molar-refractivity contribution is -0.137. The standard InChI is InChI=1S/C18H21F3N4OS/c1-2-25-16(12-7-3-4-8-12)23-24-17(25)27-11-15(26)22-14-10-6-5-9-13(14)18(19,20)21/h5-6,9-10,12H,2-4,7-8,11H2,1H3,(H,22,26). The zero-order chi connectivity index (χ0) is 19.4. The van der Waals surface area contributed by atoms with Crippen LogP contribution in [0.3, 0.4) is 0 Å². The van der Waals surface area contributed by atoms with Gasteiger partial charge in [-0.15, -0.1) is 10.2 Å². The number of amides is 1. The Labute approximate surface area is 159 Å². The fourth-order valence-electron chi connectivity index (χ4n) is 3.35. The van der Waals surface area contributed by atoms with Gasteiger partial charge < -0.3 is 9.88 Å². The molecule has 1 fully saturated rings. The van der Waals surface area contributed by atoms with Gasteiger partial charge in [0.2, 0.25) is 5.91 Å². The van der Waals surface area contributed by atoms with Crippen molar-refractivity contribution in [1.29, 1.82) is 0 Å². The van der Waals surface area contributed by atoms with E-state index in [1.807, 2.05) is 11.5 Å². The van der Waals surface area contributed by atoms with Crippen LogP contribution in [0.1, 0.15) is 49.9 Å². The second kappa shape index (κ2) is 8.33. The number of nitrogens with one attached hydrogen (secondary N) is 1. The number of thioether (sulfide) groups is 1. The fraction of sp³-hybridized carbons (Fsp3) is 0.500. The molecule has 3 rings (SSSR count). The Hall–Kier alpha value is -2.03. The number of carbonyl (C=O) groups excluding carboxylic acids is 1. The van der Waals surface area contributed by atoms with Gasteiger partial charge in [0.05, 0.1) is 17.0 Å². The molecule has 1 heterocycles. The highest BCUT2D eigenvalue weighted by Gasteiger charge is 2.33. The predicted octanol–water partition coefficient (Wildman–Crippen LogP) is 4.71. The van der Waals surface area contributed by atoms with Crippen molar-refractivity contribution in [2.45, 2.75) is 56.4 Å². The lowest BCUT2D eigenvalue weighted by atomic mass is 10.1. The van der Waals surface area contributed by atoms with E-state index in [9.17, 15) is 18.0 Å². The van der Waals surface area contributed by atoms with E-state index in [1.165, 1.54) is 42.8 Å². The molecule has 0 unspecified atom stereocenters. The van der Waals surface area contributed by atoms with Crippen molar-refractivity contribution in [3.63, 3.8) is 0 Å². The highest BCUT2D eigenvalue weighted by Crippen LogP contribution is 2.35. The van der Waals surface area contributed by atoms with Crippen LogP contribution in [-0.2, 0) is 17.5 Å². The summed E-state index contributed by atoms with van der Waals surface area (Å²) < 4.78 is 41.1. The molecule has 1 aliphatic rings. The lowest BCUT2D eigenvalue weighted by Gasteiger charge is -2.14. The summed E-state index contributed by atoms with van der Waals surface area (Å²) in [5, 5.41) is 11.4. The Morgan fingerprint density at radius 1 is 1.26 bits per heavy atom. The Morgan fingerprint density at radius 3 is 2.63 bits per heavy atom. The average molecular weight is 398 g/mol. The highest BCUT2D eigenvalue weighted by atomic mass is 32.2. The first-order valence-electron chi connectivity index (χ1n) is 8.92. The van der Waals surface area contributed by atoms with Crippen molar-refractivity contribution in [2.75, 3.05) is 11.1 Å². The summed E-state index contributed by atoms with van der Waals surface area (Å²) in [7, 11) is 0. The molecule has 27 heavy (non-hydrogen) atoms. The minimum Gasteiger partial charge on any atom is -0.325 e. The monoisotopic (exact) mass is 398 g/mol. The molecule has 1 saturated carbocycles. The van der Waals surface area contributed by atoms with Gasteiger partial charge in [0, 0.05) is 12.5 Å². The molecule has 5 nitrogen and oxygen atoms in total. The zero-order valence-corrected chi connectivity index (χ0v) is 15.7. The first kappa shape index (κ1) is 19.7. The molecule has 1 N–H and O–H groups in total. The number of hydrogen-bond donors (Lipinski definition) is 1. The molecule has 0 bridgehead atoms. The van der Waals surface area contributed by atoms with Crippen LogP contribution < -0.4 is 5.32 Å². The summed E-state index contributed by atoms with van der Waals surface area (Å²) in [5.74, 6) is 0.805. The van der Waals surface area contributed by atoms with E-state index in [-0.39, 0.29) is 11.4 Å². The number of para-hydroxylation sites is 1. The van der Waals surface area contributed by atoms with Gasteiger partial charge in [0.15, 0.2) is 5.16 Å². The summed E-state index contributed by atoms with van der Waals surface area (Å²) in [6.07, 6.45) is 0.0418. The number of rotatable bonds is 6. The van der Waals surface area contributed by atoms with E-state index in [0.717, 1.165) is 24.7 Å². The van der Waals surface area contributed by atoms with Gasteiger partial charge in [-0.25, -0.2) is 0 Å². The van der Waals surface area contributed by atoms with Crippen LogP contribution in [0.4, 0.5) is 18.9 Å². The van der Waals surface area contributed by atoms with Crippen LogP contribution in [0.15, 0.2) is 29.4 Å². The highest BCUT2D eigenvalue weighted by molar-refractivity contribution is 7.99. The Morgan fingerprint density at radius 2 is 1.96 bits per heavy atom. The van der Waals surface area contributed by atoms with Gasteiger partial charge >= 0.3 is 6.18 Å². The van der Waals surface area contributed by atoms with E-state index in [4.69, 9.17) is 0 Å². The molecule has 0 spiro atoms. The van der Waals surface area contributed by atoms with Gasteiger partial charge in [0.25, 0.3) is 0 Å². The quantitative estimate of drug-likeness (QED) is 0.716. The molecular weight excluding hydrogens is 377 g/mol. The molecule has 146 valence electrons. The van der Waals surface area contributed by atoms with Crippen LogP contribution in [-0.4, -0.2) is 26.4 Å². The summed E-state index contributed by atoms with van der Waals surface area (Å²) >= 11 is 1.19. The van der Waals surface area contributed by atoms with Gasteiger partial charge in [-0.1, -0.05) is 36.7 Å². The first-order valence-corrected chi connectivity index (χ1v) is 9.90. The molecule has 0 atom stereocenters. The number of anilines is 1. The van der Waals surface area contributed by atoms with E-state index < -0.39 is 17.6 Å². The molecule has 0 radical (unpaired) electrons. The summed E-state index contributed by atoms with van der Waals surface area (Å²) in [5.41, 5.74) is -1.09. The van der Waals surface area contributed by atoms with E-state index in [2.05, 4.69) is 15.5 Å². The molecule has 1 aliphatic carbocycles. The van der Waals surface area contributed by atoms with Crippen molar-refractivity contribution in [2.24, 2.45) is 0 Å². The van der Waals surface area contributed by atoms with E-state index in [1.54, 1.807) is 0 Å². The third kappa shape index (κ3) is 4.63. The molecule has 1 aromatic heterocycles. The van der Waals surface area contributed by atoms with Crippen LogP contribution >= 0.6 is 11.8 Å². The second-order valence-electron chi connectivity index (χ2n) is 6.45. The van der Waals surface area contributed by atoms with Crippen molar-refractivity contribution in [1.82, 2.24) is 14.8 Å². The predicted molar refractivity (Wildman–Crippen MR) is 97.7 cm³/mol. The summed E-state index contributed by atoms with van der Waals surface area (Å²) in [4.78, 5) is 12.2. The lowest BCUT2D eigenvalue weighted by Crippen LogP contribution is -2.18. The van der Waals surface area contributed by atoms with Gasteiger partial charge in [-0.3, -0.25) is 4.79 Å². The number of hydrogen-bond acceptors (Lipinski definition) is 4. The molecular formula is C18H21F3N4OS. The third-order valence-corrected chi connectivity index (χ3v) is 5.59. The topological polar surface area (TPSA) is 59.8 Å². The number of aromatic nitrogens is 3. The smallest absolute Gasteiger partial charge is 0.325 e. The normalized spacial score (nSPS) is 15.3. The van der Waals surface area contributed by atoms with Crippen molar-refractivity contribution >= 4 is 23.4 Å². The maximum Gasteiger partial charge on any atom is 0.418 e. The zero-order valence-electron chi connectivity index (χ0n) is 14.9. The Balaban J connectivity index is 1.65. The SMILES string of the molecule is CCn1c(SCC(=O)Nc2ccccc2C(F)(F)F)nnc1C1CCCC1. The minimum atomic E-state index is -4.52. The minimum absolute atomic E-state index is 0.0327. The van der Waals surface area contributed by atoms with Gasteiger partial charge in [0.1, 0.15) is 5.82 Å². The number of carbonyl (C=O) groups is 1. The maximum absolute atomic E-state index is 13.0. The molecule has 1 aromatic carbocycles. The maximum atomic E-state index is 13.0. The summed E-state index contributed by atoms with van der Waals surface area (Å²) in [6.45, 7) is 2.69. The fourth-order valence-corrected chi connectivity index (χ4v) is 4.16. The van der Waals surface area contributed by atoms with Crippen LogP contribution in [0, 0.1) is 0 Å². The first-order chi connectivity index (χ1) is 12.9. The second-order valence-corrected chi connectivity index (χ2v) is 7.39. The number of halogens is 3. The van der Waals surface area contributed by atoms with E-state index >= 15 is 0 Å². The van der Waals surface area contributed by atoms with Crippen LogP contribution in [0.5, 0.6) is 0 Å². The summed E-state index contributed by atoms with van der Waals surface area (Å²) in [6, 6.07) is 4.95. The Kier molecular flexibility index (Phi) is 6.08. The molecule has 9 heteroatoms. The number of alkyl halides is 3. The molecule has 0 aliphatic heterocycles. The molecule has 1 amide bonds. The molecule has 0 saturated heterocycles. The average Bonchev–Trinajstić information content (AvgIpc) is 3.28. The third-order valence-electron chi connectivity index (χ3n) is 4.62. The van der Waals surface area contributed by atoms with Crippen molar-refractivity contribution in [3.05, 3.63) is 35.7 Å². The van der Waals surface area contributed by atoms with Crippen LogP contribution in [0.25, 0.3) is 0 Å². The van der Waals surface area contributed by atoms with Crippen molar-refractivity contribution in [3.8, 4) is 0 Å². The Bertz CT molecular complexity index is 800.